The third kappa shape index (κ3) is 1.62. The molecule has 0 unspecified atom stereocenters. The molecule has 0 heterocycles. The number of rotatable bonds is 2. The molecule has 0 aliphatic heterocycles. The van der Waals surface area contributed by atoms with Crippen molar-refractivity contribution in [1.82, 2.24) is 4.90 Å². The van der Waals surface area contributed by atoms with Crippen molar-refractivity contribution in [3.05, 3.63) is 0 Å². The first-order valence-electron chi connectivity index (χ1n) is 2.57. The van der Waals surface area contributed by atoms with Crippen LogP contribution in [0.5, 0.6) is 0 Å². The highest BCUT2D eigenvalue weighted by Gasteiger charge is 2.19. The second-order valence-electron chi connectivity index (χ2n) is 2.56. The van der Waals surface area contributed by atoms with E-state index in [4.69, 9.17) is 0 Å². The quantitative estimate of drug-likeness (QED) is 0.519. The molecule has 0 saturated carbocycles. The fourth-order valence-electron chi connectivity index (χ4n) is 0.0913. The van der Waals surface area contributed by atoms with Gasteiger partial charge in [-0.2, -0.15) is 0 Å². The van der Waals surface area contributed by atoms with Gasteiger partial charge in [-0.1, -0.05) is 0 Å². The Labute approximate surface area is 50.5 Å². The molecular formula is C6H12NO. The lowest BCUT2D eigenvalue weighted by Gasteiger charge is -2.24. The molecular weight excluding hydrogens is 102 g/mol. The Bertz CT molecular complexity index is 86.5. The van der Waals surface area contributed by atoms with Crippen LogP contribution in [0.15, 0.2) is 0 Å². The SMILES string of the molecule is CN(C)C(C)(C)[C]=O. The highest BCUT2D eigenvalue weighted by Crippen LogP contribution is 2.03. The van der Waals surface area contributed by atoms with Gasteiger partial charge >= 0.3 is 0 Å². The Hall–Kier alpha value is -0.370. The average molecular weight is 114 g/mol. The smallest absolute Gasteiger partial charge is 0.219 e. The van der Waals surface area contributed by atoms with Gasteiger partial charge < -0.3 is 0 Å². The number of carbonyl (C=O) groups excluding carboxylic acids is 1. The summed E-state index contributed by atoms with van der Waals surface area (Å²) in [6.45, 7) is 3.64. The van der Waals surface area contributed by atoms with E-state index in [-0.39, 0.29) is 0 Å². The van der Waals surface area contributed by atoms with E-state index in [1.165, 1.54) is 0 Å². The Morgan fingerprint density at radius 2 is 1.75 bits per heavy atom. The molecule has 8 heavy (non-hydrogen) atoms. The van der Waals surface area contributed by atoms with Crippen LogP contribution in [-0.2, 0) is 4.79 Å². The van der Waals surface area contributed by atoms with Gasteiger partial charge in [0.15, 0.2) is 0 Å². The van der Waals surface area contributed by atoms with E-state index >= 15 is 0 Å². The van der Waals surface area contributed by atoms with Crippen LogP contribution in [0.1, 0.15) is 13.8 Å². The maximum atomic E-state index is 10.1. The summed E-state index contributed by atoms with van der Waals surface area (Å²) in [6.07, 6.45) is 1.92. The number of likely N-dealkylation sites (N-methyl/N-ethyl adjacent to an activating group) is 1. The van der Waals surface area contributed by atoms with Crippen molar-refractivity contribution in [2.45, 2.75) is 19.4 Å². The largest absolute Gasteiger partial charge is 0.297 e. The van der Waals surface area contributed by atoms with Gasteiger partial charge in [-0.3, -0.25) is 9.69 Å². The maximum absolute atomic E-state index is 10.1. The van der Waals surface area contributed by atoms with E-state index in [0.29, 0.717) is 0 Å². The molecule has 0 atom stereocenters. The van der Waals surface area contributed by atoms with Gasteiger partial charge in [0.25, 0.3) is 0 Å². The minimum atomic E-state index is -0.431. The monoisotopic (exact) mass is 114 g/mol. The van der Waals surface area contributed by atoms with Crippen LogP contribution in [0.3, 0.4) is 0 Å². The number of hydrogen-bond acceptors (Lipinski definition) is 2. The van der Waals surface area contributed by atoms with Crippen molar-refractivity contribution in [3.63, 3.8) is 0 Å². The molecule has 0 amide bonds. The van der Waals surface area contributed by atoms with E-state index < -0.39 is 5.54 Å². The zero-order chi connectivity index (χ0) is 6.78. The van der Waals surface area contributed by atoms with Crippen molar-refractivity contribution in [1.29, 1.82) is 0 Å². The standard InChI is InChI=1S/C6H12NO/c1-6(2,5-8)7(3)4/h1-4H3. The van der Waals surface area contributed by atoms with E-state index in [1.54, 1.807) is 0 Å². The molecule has 1 radical (unpaired) electrons. The normalized spacial score (nSPS) is 12.1. The first-order valence-corrected chi connectivity index (χ1v) is 2.57. The molecule has 0 aromatic carbocycles. The van der Waals surface area contributed by atoms with Crippen LogP contribution in [-0.4, -0.2) is 30.8 Å². The predicted octanol–water partition coefficient (Wildman–Crippen LogP) is 0.436. The van der Waals surface area contributed by atoms with E-state index in [9.17, 15) is 4.79 Å². The highest BCUT2D eigenvalue weighted by atomic mass is 16.1. The molecule has 0 aromatic heterocycles. The summed E-state index contributed by atoms with van der Waals surface area (Å²) in [7, 11) is 3.70. The van der Waals surface area contributed by atoms with Crippen molar-refractivity contribution < 1.29 is 4.79 Å². The van der Waals surface area contributed by atoms with Crippen molar-refractivity contribution in [2.75, 3.05) is 14.1 Å². The first-order chi connectivity index (χ1) is 3.50. The molecule has 2 nitrogen and oxygen atoms in total. The Morgan fingerprint density at radius 3 is 1.75 bits per heavy atom. The molecule has 0 bridgehead atoms. The molecule has 0 aliphatic carbocycles. The molecule has 0 saturated heterocycles. The lowest BCUT2D eigenvalue weighted by Crippen LogP contribution is -2.39. The second kappa shape index (κ2) is 2.27. The van der Waals surface area contributed by atoms with Crippen LogP contribution in [0.4, 0.5) is 0 Å². The van der Waals surface area contributed by atoms with Gasteiger partial charge in [0.05, 0.1) is 5.54 Å². The Balaban J connectivity index is 3.90. The van der Waals surface area contributed by atoms with Crippen LogP contribution in [0.2, 0.25) is 0 Å². The molecule has 2 heteroatoms. The molecule has 0 spiro atoms. The van der Waals surface area contributed by atoms with E-state index in [2.05, 4.69) is 0 Å². The summed E-state index contributed by atoms with van der Waals surface area (Å²) < 4.78 is 0. The summed E-state index contributed by atoms with van der Waals surface area (Å²) in [5, 5.41) is 0. The van der Waals surface area contributed by atoms with Gasteiger partial charge in [0.2, 0.25) is 6.29 Å². The highest BCUT2D eigenvalue weighted by molar-refractivity contribution is 5.63. The number of hydrogen-bond donors (Lipinski definition) is 0. The van der Waals surface area contributed by atoms with Crippen LogP contribution < -0.4 is 0 Å². The summed E-state index contributed by atoms with van der Waals surface area (Å²) in [5.41, 5.74) is -0.431. The van der Waals surface area contributed by atoms with Crippen molar-refractivity contribution in [3.8, 4) is 0 Å². The minimum Gasteiger partial charge on any atom is -0.297 e. The molecule has 0 fully saturated rings. The van der Waals surface area contributed by atoms with Crippen molar-refractivity contribution in [2.24, 2.45) is 0 Å². The summed E-state index contributed by atoms with van der Waals surface area (Å²) in [5.74, 6) is 0. The first kappa shape index (κ1) is 7.63. The van der Waals surface area contributed by atoms with Gasteiger partial charge in [0, 0.05) is 0 Å². The average Bonchev–Trinajstić information content (AvgIpc) is 1.67. The van der Waals surface area contributed by atoms with Gasteiger partial charge in [0.1, 0.15) is 0 Å². The zero-order valence-electron chi connectivity index (χ0n) is 5.86. The van der Waals surface area contributed by atoms with Gasteiger partial charge in [-0.05, 0) is 27.9 Å². The predicted molar refractivity (Wildman–Crippen MR) is 33.5 cm³/mol. The summed E-state index contributed by atoms with van der Waals surface area (Å²) in [4.78, 5) is 11.9. The van der Waals surface area contributed by atoms with Crippen LogP contribution in [0, 0.1) is 0 Å². The third-order valence-corrected chi connectivity index (χ3v) is 1.37. The molecule has 0 N–H and O–H groups in total. The lowest BCUT2D eigenvalue weighted by molar-refractivity contribution is 0.264. The maximum Gasteiger partial charge on any atom is 0.219 e. The van der Waals surface area contributed by atoms with E-state index in [1.807, 2.05) is 39.1 Å². The lowest BCUT2D eigenvalue weighted by atomic mass is 10.1. The van der Waals surface area contributed by atoms with E-state index in [0.717, 1.165) is 0 Å². The third-order valence-electron chi connectivity index (χ3n) is 1.37. The molecule has 47 valence electrons. The molecule has 0 aliphatic rings. The zero-order valence-corrected chi connectivity index (χ0v) is 5.86. The van der Waals surface area contributed by atoms with Gasteiger partial charge in [-0.25, -0.2) is 0 Å². The Morgan fingerprint density at radius 1 is 1.38 bits per heavy atom. The van der Waals surface area contributed by atoms with Crippen LogP contribution in [0.25, 0.3) is 0 Å². The molecule has 0 rings (SSSR count). The minimum absolute atomic E-state index is 0.431. The van der Waals surface area contributed by atoms with Crippen LogP contribution >= 0.6 is 0 Å². The second-order valence-corrected chi connectivity index (χ2v) is 2.56. The fourth-order valence-corrected chi connectivity index (χ4v) is 0.0913. The molecule has 0 aromatic rings. The fraction of sp³-hybridized carbons (Fsp3) is 0.833. The Kier molecular flexibility index (Phi) is 2.16. The topological polar surface area (TPSA) is 20.3 Å². The summed E-state index contributed by atoms with van der Waals surface area (Å²) in [6, 6.07) is 0. The number of nitrogens with zero attached hydrogens (tertiary/aromatic N) is 1. The van der Waals surface area contributed by atoms with Gasteiger partial charge in [-0.15, -0.1) is 0 Å². The van der Waals surface area contributed by atoms with Crippen molar-refractivity contribution >= 4 is 6.29 Å². The summed E-state index contributed by atoms with van der Waals surface area (Å²) >= 11 is 0.